The van der Waals surface area contributed by atoms with E-state index in [1.54, 1.807) is 26.2 Å². The van der Waals surface area contributed by atoms with Gasteiger partial charge in [0, 0.05) is 0 Å². The second kappa shape index (κ2) is 9.90. The maximum Gasteiger partial charge on any atom is 0.316 e. The molecule has 0 aliphatic rings. The first-order valence-corrected chi connectivity index (χ1v) is 12.3. The summed E-state index contributed by atoms with van der Waals surface area (Å²) in [6.45, 7) is 4.01. The smallest absolute Gasteiger partial charge is 0.316 e. The number of methoxy groups -OCH3 is 1. The number of thiazole rings is 1. The van der Waals surface area contributed by atoms with Gasteiger partial charge in [-0.1, -0.05) is 53.4 Å². The van der Waals surface area contributed by atoms with Gasteiger partial charge in [-0.3, -0.25) is 18.7 Å². The lowest BCUT2D eigenvalue weighted by molar-refractivity contribution is -0.139. The van der Waals surface area contributed by atoms with Crippen LogP contribution in [-0.2, 0) is 9.53 Å². The van der Waals surface area contributed by atoms with Gasteiger partial charge >= 0.3 is 5.97 Å². The average molecular weight is 500 g/mol. The summed E-state index contributed by atoms with van der Waals surface area (Å²) in [5.41, 5.74) is 2.58. The zero-order valence-electron chi connectivity index (χ0n) is 18.2. The molecule has 4 aromatic rings. The third-order valence-corrected chi connectivity index (χ3v) is 7.15. The highest BCUT2D eigenvalue weighted by atomic mass is 32.2. The Morgan fingerprint density at radius 2 is 1.82 bits per heavy atom. The Balaban J connectivity index is 2.01. The summed E-state index contributed by atoms with van der Waals surface area (Å²) in [4.78, 5) is 30.7. The van der Waals surface area contributed by atoms with E-state index in [0.29, 0.717) is 30.9 Å². The molecule has 33 heavy (non-hydrogen) atoms. The number of para-hydroxylation sites is 3. The van der Waals surface area contributed by atoms with Crippen molar-refractivity contribution in [2.24, 2.45) is 0 Å². The maximum absolute atomic E-state index is 13.8. The van der Waals surface area contributed by atoms with Crippen LogP contribution in [0.1, 0.15) is 12.5 Å². The monoisotopic (exact) mass is 499 g/mol. The normalized spacial score (nSPS) is 11.0. The Kier molecular flexibility index (Phi) is 6.96. The molecule has 0 atom stereocenters. The summed E-state index contributed by atoms with van der Waals surface area (Å²) < 4.78 is 14.8. The topological polar surface area (TPSA) is 75.4 Å². The molecule has 0 saturated heterocycles. The lowest BCUT2D eigenvalue weighted by atomic mass is 10.2. The molecule has 0 spiro atoms. The van der Waals surface area contributed by atoms with E-state index in [2.05, 4.69) is 0 Å². The highest BCUT2D eigenvalue weighted by molar-refractivity contribution is 7.99. The van der Waals surface area contributed by atoms with Crippen LogP contribution in [-0.4, -0.2) is 39.6 Å². The largest absolute Gasteiger partial charge is 0.495 e. The molecule has 7 nitrogen and oxygen atoms in total. The fourth-order valence-corrected chi connectivity index (χ4v) is 5.50. The Bertz CT molecular complexity index is 1460. The summed E-state index contributed by atoms with van der Waals surface area (Å²) in [5, 5.41) is 0.347. The summed E-state index contributed by atoms with van der Waals surface area (Å²) in [6, 6.07) is 15.0. The van der Waals surface area contributed by atoms with E-state index in [1.807, 2.05) is 47.9 Å². The maximum atomic E-state index is 13.8. The van der Waals surface area contributed by atoms with Crippen LogP contribution >= 0.6 is 35.3 Å². The van der Waals surface area contributed by atoms with Crippen molar-refractivity contribution in [3.05, 3.63) is 68.4 Å². The molecule has 2 heterocycles. The highest BCUT2D eigenvalue weighted by Gasteiger charge is 2.22. The number of carbonyl (C=O) groups excluding carboxylic acids is 1. The minimum Gasteiger partial charge on any atom is -0.495 e. The molecular formula is C23H21N3O4S3. The Labute approximate surface area is 203 Å². The van der Waals surface area contributed by atoms with Gasteiger partial charge in [-0.25, -0.2) is 4.98 Å². The van der Waals surface area contributed by atoms with Crippen LogP contribution in [0, 0.1) is 10.9 Å². The number of carbonyl (C=O) groups is 1. The zero-order valence-corrected chi connectivity index (χ0v) is 20.7. The Hall–Kier alpha value is -2.95. The first-order chi connectivity index (χ1) is 16.0. The number of fused-ring (bicyclic) bond motifs is 1. The van der Waals surface area contributed by atoms with E-state index in [-0.39, 0.29) is 23.9 Å². The second-order valence-corrected chi connectivity index (χ2v) is 9.53. The predicted octanol–water partition coefficient (Wildman–Crippen LogP) is 4.94. The van der Waals surface area contributed by atoms with Crippen LogP contribution in [0.2, 0.25) is 0 Å². The van der Waals surface area contributed by atoms with Gasteiger partial charge in [0.05, 0.1) is 30.8 Å². The summed E-state index contributed by atoms with van der Waals surface area (Å²) in [5.74, 6) is 0.140. The molecule has 0 unspecified atom stereocenters. The first kappa shape index (κ1) is 23.2. The quantitative estimate of drug-likeness (QED) is 0.154. The van der Waals surface area contributed by atoms with Crippen LogP contribution in [0.5, 0.6) is 5.75 Å². The Morgan fingerprint density at radius 1 is 1.12 bits per heavy atom. The third-order valence-electron chi connectivity index (χ3n) is 4.88. The molecular weight excluding hydrogens is 478 g/mol. The van der Waals surface area contributed by atoms with Crippen LogP contribution in [0.15, 0.2) is 58.5 Å². The van der Waals surface area contributed by atoms with E-state index >= 15 is 0 Å². The molecule has 0 aliphatic carbocycles. The summed E-state index contributed by atoms with van der Waals surface area (Å²) in [7, 11) is 1.54. The van der Waals surface area contributed by atoms with Crippen molar-refractivity contribution in [1.82, 2.24) is 14.1 Å². The van der Waals surface area contributed by atoms with Crippen molar-refractivity contribution in [2.45, 2.75) is 19.0 Å². The molecule has 0 aliphatic heterocycles. The Morgan fingerprint density at radius 3 is 2.52 bits per heavy atom. The molecule has 170 valence electrons. The number of thioether (sulfide) groups is 1. The van der Waals surface area contributed by atoms with E-state index in [1.165, 1.54) is 15.9 Å². The molecule has 0 fully saturated rings. The zero-order chi connectivity index (χ0) is 23.5. The molecule has 4 rings (SSSR count). The molecule has 0 bridgehead atoms. The van der Waals surface area contributed by atoms with Crippen molar-refractivity contribution in [3.8, 4) is 17.1 Å². The number of benzene rings is 2. The van der Waals surface area contributed by atoms with E-state index < -0.39 is 0 Å². The highest BCUT2D eigenvalue weighted by Crippen LogP contribution is 2.30. The molecule has 2 aromatic carbocycles. The number of esters is 1. The standard InChI is InChI=1S/C23H21N3O4S3/c1-4-30-18(27)13-32-22-24-20-19(21(28)26(22)16-11-7-8-12-17(16)29-3)33-23(31)25(20)15-10-6-5-9-14(15)2/h5-12H,4,13H2,1-3H3. The minimum absolute atomic E-state index is 0.0101. The van der Waals surface area contributed by atoms with Gasteiger partial charge in [-0.05, 0) is 49.8 Å². The number of hydrogen-bond acceptors (Lipinski definition) is 8. The van der Waals surface area contributed by atoms with Crippen molar-refractivity contribution >= 4 is 51.6 Å². The van der Waals surface area contributed by atoms with Gasteiger partial charge in [0.2, 0.25) is 0 Å². The molecule has 0 radical (unpaired) electrons. The molecule has 0 amide bonds. The van der Waals surface area contributed by atoms with Gasteiger partial charge in [0.15, 0.2) is 14.8 Å². The number of nitrogens with zero attached hydrogens (tertiary/aromatic N) is 3. The molecule has 10 heteroatoms. The van der Waals surface area contributed by atoms with E-state index in [4.69, 9.17) is 26.7 Å². The number of aromatic nitrogens is 3. The fourth-order valence-electron chi connectivity index (χ4n) is 3.41. The van der Waals surface area contributed by atoms with Crippen LogP contribution in [0.4, 0.5) is 0 Å². The first-order valence-electron chi connectivity index (χ1n) is 10.1. The lowest BCUT2D eigenvalue weighted by Crippen LogP contribution is -2.22. The molecule has 2 aromatic heterocycles. The fraction of sp³-hybridized carbons (Fsp3) is 0.217. The van der Waals surface area contributed by atoms with Gasteiger partial charge in [-0.2, -0.15) is 0 Å². The van der Waals surface area contributed by atoms with Gasteiger partial charge in [-0.15, -0.1) is 0 Å². The number of aryl methyl sites for hydroxylation is 1. The van der Waals surface area contributed by atoms with Crippen molar-refractivity contribution in [2.75, 3.05) is 19.5 Å². The lowest BCUT2D eigenvalue weighted by Gasteiger charge is -2.15. The average Bonchev–Trinajstić information content (AvgIpc) is 3.14. The van der Waals surface area contributed by atoms with Crippen molar-refractivity contribution < 1.29 is 14.3 Å². The van der Waals surface area contributed by atoms with Crippen molar-refractivity contribution in [1.29, 1.82) is 0 Å². The number of ether oxygens (including phenoxy) is 2. The minimum atomic E-state index is -0.385. The van der Waals surface area contributed by atoms with Gasteiger partial charge in [0.25, 0.3) is 5.56 Å². The van der Waals surface area contributed by atoms with E-state index in [9.17, 15) is 9.59 Å². The van der Waals surface area contributed by atoms with Crippen LogP contribution in [0.3, 0.4) is 0 Å². The number of hydrogen-bond donors (Lipinski definition) is 0. The molecule has 0 N–H and O–H groups in total. The van der Waals surface area contributed by atoms with Crippen LogP contribution in [0.25, 0.3) is 21.7 Å². The van der Waals surface area contributed by atoms with Gasteiger partial charge < -0.3 is 9.47 Å². The number of rotatable bonds is 7. The summed E-state index contributed by atoms with van der Waals surface area (Å²) >= 11 is 7.98. The van der Waals surface area contributed by atoms with Crippen LogP contribution < -0.4 is 10.3 Å². The van der Waals surface area contributed by atoms with E-state index in [0.717, 1.165) is 23.0 Å². The van der Waals surface area contributed by atoms with Gasteiger partial charge in [0.1, 0.15) is 10.4 Å². The molecule has 0 saturated carbocycles. The SMILES string of the molecule is CCOC(=O)CSc1nc2c(sc(=S)n2-c2ccccc2C)c(=O)n1-c1ccccc1OC. The third kappa shape index (κ3) is 4.46. The van der Waals surface area contributed by atoms with Crippen molar-refractivity contribution in [3.63, 3.8) is 0 Å². The summed E-state index contributed by atoms with van der Waals surface area (Å²) in [6.07, 6.45) is 0. The second-order valence-electron chi connectivity index (χ2n) is 6.94. The predicted molar refractivity (Wildman–Crippen MR) is 134 cm³/mol.